The number of halogens is 1. The van der Waals surface area contributed by atoms with E-state index < -0.39 is 0 Å². The Labute approximate surface area is 114 Å². The van der Waals surface area contributed by atoms with Gasteiger partial charge in [0.25, 0.3) is 0 Å². The number of benzene rings is 1. The van der Waals surface area contributed by atoms with Crippen molar-refractivity contribution < 1.29 is 9.59 Å². The number of anilines is 1. The number of carbonyl (C=O) groups is 2. The van der Waals surface area contributed by atoms with E-state index in [4.69, 9.17) is 0 Å². The maximum Gasteiger partial charge on any atom is 0.233 e. The average molecular weight is 311 g/mol. The van der Waals surface area contributed by atoms with E-state index in [0.29, 0.717) is 5.69 Å². The predicted octanol–water partition coefficient (Wildman–Crippen LogP) is 2.40. The third-order valence-electron chi connectivity index (χ3n) is 2.90. The van der Waals surface area contributed by atoms with Crippen molar-refractivity contribution in [2.24, 2.45) is 0 Å². The molecule has 5 heteroatoms. The van der Waals surface area contributed by atoms with Crippen molar-refractivity contribution in [3.05, 3.63) is 28.7 Å². The minimum atomic E-state index is -0.255. The van der Waals surface area contributed by atoms with Crippen molar-refractivity contribution in [3.8, 4) is 0 Å². The molecule has 18 heavy (non-hydrogen) atoms. The van der Waals surface area contributed by atoms with Crippen LogP contribution in [-0.2, 0) is 9.59 Å². The zero-order valence-electron chi connectivity index (χ0n) is 9.99. The van der Waals surface area contributed by atoms with Gasteiger partial charge in [0, 0.05) is 23.2 Å². The van der Waals surface area contributed by atoms with E-state index in [2.05, 4.69) is 21.2 Å². The van der Waals surface area contributed by atoms with Crippen molar-refractivity contribution >= 4 is 33.4 Å². The van der Waals surface area contributed by atoms with Crippen LogP contribution >= 0.6 is 15.9 Å². The van der Waals surface area contributed by atoms with E-state index in [1.807, 2.05) is 12.1 Å². The number of rotatable bonds is 3. The molecule has 96 valence electrons. The van der Waals surface area contributed by atoms with Crippen LogP contribution in [0.25, 0.3) is 0 Å². The molecule has 1 aromatic rings. The third-order valence-corrected chi connectivity index (χ3v) is 3.43. The average Bonchev–Trinajstić information content (AvgIpc) is 2.85. The van der Waals surface area contributed by atoms with Gasteiger partial charge in [-0.25, -0.2) is 0 Å². The summed E-state index contributed by atoms with van der Waals surface area (Å²) in [5.41, 5.74) is 0.706. The zero-order chi connectivity index (χ0) is 13.0. The first-order valence-corrected chi connectivity index (χ1v) is 6.77. The number of nitrogens with zero attached hydrogens (tertiary/aromatic N) is 1. The Hall–Kier alpha value is -1.36. The van der Waals surface area contributed by atoms with E-state index in [9.17, 15) is 9.59 Å². The molecular formula is C13H15BrN2O2. The van der Waals surface area contributed by atoms with Crippen molar-refractivity contribution in [2.45, 2.75) is 19.3 Å². The Bertz CT molecular complexity index is 439. The van der Waals surface area contributed by atoms with Crippen LogP contribution in [0.3, 0.4) is 0 Å². The summed E-state index contributed by atoms with van der Waals surface area (Å²) in [6.45, 7) is 1.56. The van der Waals surface area contributed by atoms with Crippen LogP contribution in [0, 0.1) is 0 Å². The second-order valence-corrected chi connectivity index (χ2v) is 5.24. The highest BCUT2D eigenvalue weighted by molar-refractivity contribution is 9.10. The van der Waals surface area contributed by atoms with E-state index in [1.165, 1.54) is 0 Å². The minimum absolute atomic E-state index is 0.0733. The van der Waals surface area contributed by atoms with Crippen LogP contribution in [0.1, 0.15) is 19.3 Å². The number of hydrogen-bond acceptors (Lipinski definition) is 2. The second-order valence-electron chi connectivity index (χ2n) is 4.32. The monoisotopic (exact) mass is 310 g/mol. The number of carbonyl (C=O) groups excluding carboxylic acids is 2. The van der Waals surface area contributed by atoms with Gasteiger partial charge < -0.3 is 10.2 Å². The van der Waals surface area contributed by atoms with Gasteiger partial charge in [0.2, 0.25) is 11.8 Å². The molecule has 2 rings (SSSR count). The van der Waals surface area contributed by atoms with Gasteiger partial charge in [0.1, 0.15) is 6.42 Å². The predicted molar refractivity (Wildman–Crippen MR) is 73.2 cm³/mol. The van der Waals surface area contributed by atoms with Crippen molar-refractivity contribution in [2.75, 3.05) is 18.4 Å². The van der Waals surface area contributed by atoms with Crippen molar-refractivity contribution in [1.82, 2.24) is 4.90 Å². The Morgan fingerprint density at radius 1 is 1.17 bits per heavy atom. The molecule has 4 nitrogen and oxygen atoms in total. The fourth-order valence-electron chi connectivity index (χ4n) is 1.95. The van der Waals surface area contributed by atoms with Gasteiger partial charge in [-0.05, 0) is 37.1 Å². The Morgan fingerprint density at radius 2 is 1.78 bits per heavy atom. The van der Waals surface area contributed by atoms with Gasteiger partial charge in [0.05, 0.1) is 0 Å². The molecule has 1 fully saturated rings. The van der Waals surface area contributed by atoms with Gasteiger partial charge in [-0.15, -0.1) is 0 Å². The molecule has 0 spiro atoms. The number of hydrogen-bond donors (Lipinski definition) is 1. The molecule has 0 unspecified atom stereocenters. The highest BCUT2D eigenvalue weighted by atomic mass is 79.9. The van der Waals surface area contributed by atoms with Gasteiger partial charge in [-0.1, -0.05) is 15.9 Å². The highest BCUT2D eigenvalue weighted by Gasteiger charge is 2.20. The Morgan fingerprint density at radius 3 is 2.39 bits per heavy atom. The lowest BCUT2D eigenvalue weighted by atomic mass is 10.3. The SMILES string of the molecule is O=C(CC(=O)N1CCCC1)Nc1ccc(Br)cc1. The molecule has 1 aromatic carbocycles. The zero-order valence-corrected chi connectivity index (χ0v) is 11.6. The summed E-state index contributed by atoms with van der Waals surface area (Å²) >= 11 is 3.32. The first kappa shape index (κ1) is 13.1. The molecular weight excluding hydrogens is 296 g/mol. The quantitative estimate of drug-likeness (QED) is 0.872. The van der Waals surface area contributed by atoms with E-state index in [0.717, 1.165) is 30.4 Å². The standard InChI is InChI=1S/C13H15BrN2O2/c14-10-3-5-11(6-4-10)15-12(17)9-13(18)16-7-1-2-8-16/h3-6H,1-2,7-9H2,(H,15,17). The minimum Gasteiger partial charge on any atom is -0.342 e. The van der Waals surface area contributed by atoms with Crippen LogP contribution in [-0.4, -0.2) is 29.8 Å². The van der Waals surface area contributed by atoms with Gasteiger partial charge in [0.15, 0.2) is 0 Å². The summed E-state index contributed by atoms with van der Waals surface area (Å²) in [5.74, 6) is -0.337. The maximum atomic E-state index is 11.8. The van der Waals surface area contributed by atoms with Gasteiger partial charge >= 0.3 is 0 Å². The summed E-state index contributed by atoms with van der Waals surface area (Å²) in [6, 6.07) is 7.28. The number of nitrogens with one attached hydrogen (secondary N) is 1. The van der Waals surface area contributed by atoms with E-state index in [-0.39, 0.29) is 18.2 Å². The maximum absolute atomic E-state index is 11.8. The van der Waals surface area contributed by atoms with Gasteiger partial charge in [-0.2, -0.15) is 0 Å². The third kappa shape index (κ3) is 3.57. The van der Waals surface area contributed by atoms with Crippen molar-refractivity contribution in [3.63, 3.8) is 0 Å². The topological polar surface area (TPSA) is 49.4 Å². The molecule has 0 saturated carbocycles. The molecule has 0 radical (unpaired) electrons. The molecule has 1 aliphatic heterocycles. The largest absolute Gasteiger partial charge is 0.342 e. The summed E-state index contributed by atoms with van der Waals surface area (Å²) < 4.78 is 0.952. The lowest BCUT2D eigenvalue weighted by Crippen LogP contribution is -2.31. The normalized spacial score (nSPS) is 14.6. The molecule has 0 bridgehead atoms. The molecule has 2 amide bonds. The fourth-order valence-corrected chi connectivity index (χ4v) is 2.22. The molecule has 1 saturated heterocycles. The molecule has 1 N–H and O–H groups in total. The Kier molecular flexibility index (Phi) is 4.36. The van der Waals surface area contributed by atoms with Crippen LogP contribution in [0.15, 0.2) is 28.7 Å². The van der Waals surface area contributed by atoms with Crippen LogP contribution in [0.4, 0.5) is 5.69 Å². The van der Waals surface area contributed by atoms with Crippen LogP contribution in [0.5, 0.6) is 0 Å². The summed E-state index contributed by atoms with van der Waals surface area (Å²) in [6.07, 6.45) is 2.01. The molecule has 0 aromatic heterocycles. The number of amides is 2. The smallest absolute Gasteiger partial charge is 0.233 e. The molecule has 1 heterocycles. The first-order valence-electron chi connectivity index (χ1n) is 5.98. The number of likely N-dealkylation sites (tertiary alicyclic amines) is 1. The van der Waals surface area contributed by atoms with E-state index in [1.54, 1.807) is 17.0 Å². The Balaban J connectivity index is 1.84. The molecule has 1 aliphatic rings. The van der Waals surface area contributed by atoms with Gasteiger partial charge in [-0.3, -0.25) is 9.59 Å². The summed E-state index contributed by atoms with van der Waals surface area (Å²) in [5, 5.41) is 2.72. The summed E-state index contributed by atoms with van der Waals surface area (Å²) in [4.78, 5) is 25.2. The highest BCUT2D eigenvalue weighted by Crippen LogP contribution is 2.15. The fraction of sp³-hybridized carbons (Fsp3) is 0.385. The molecule has 0 atom stereocenters. The van der Waals surface area contributed by atoms with Crippen LogP contribution in [0.2, 0.25) is 0 Å². The summed E-state index contributed by atoms with van der Waals surface area (Å²) in [7, 11) is 0. The first-order chi connectivity index (χ1) is 8.65. The lowest BCUT2D eigenvalue weighted by Gasteiger charge is -2.14. The van der Waals surface area contributed by atoms with Crippen molar-refractivity contribution in [1.29, 1.82) is 0 Å². The van der Waals surface area contributed by atoms with E-state index >= 15 is 0 Å². The second kappa shape index (κ2) is 6.00. The lowest BCUT2D eigenvalue weighted by molar-refractivity contribution is -0.133. The molecule has 0 aliphatic carbocycles. The van der Waals surface area contributed by atoms with Crippen LogP contribution < -0.4 is 5.32 Å².